The number of rotatable bonds is 2. The summed E-state index contributed by atoms with van der Waals surface area (Å²) < 4.78 is 11.3. The Hall–Kier alpha value is -1.23. The highest BCUT2D eigenvalue weighted by atomic mass is 79.9. The van der Waals surface area contributed by atoms with Crippen molar-refractivity contribution in [2.75, 3.05) is 30.0 Å². The summed E-state index contributed by atoms with van der Waals surface area (Å²) in [7, 11) is 0. The van der Waals surface area contributed by atoms with Gasteiger partial charge < -0.3 is 14.4 Å². The molecule has 5 heteroatoms. The molecule has 4 nitrogen and oxygen atoms in total. The van der Waals surface area contributed by atoms with Crippen LogP contribution in [0.5, 0.6) is 11.5 Å². The van der Waals surface area contributed by atoms with E-state index in [0.29, 0.717) is 25.6 Å². The standard InChI is InChI=1S/C14H16BrNO3/c15-8-10-6-14(17)16(9-10)11-2-3-12-13(7-11)19-5-1-4-18-12/h2-3,7,10H,1,4-6,8-9H2. The molecule has 1 aromatic carbocycles. The predicted octanol–water partition coefficient (Wildman–Crippen LogP) is 2.60. The zero-order chi connectivity index (χ0) is 13.2. The Labute approximate surface area is 120 Å². The molecule has 0 aromatic heterocycles. The Morgan fingerprint density at radius 3 is 2.79 bits per heavy atom. The van der Waals surface area contributed by atoms with Gasteiger partial charge in [-0.15, -0.1) is 0 Å². The van der Waals surface area contributed by atoms with Crippen molar-refractivity contribution in [1.29, 1.82) is 0 Å². The van der Waals surface area contributed by atoms with Gasteiger partial charge in [-0.1, -0.05) is 15.9 Å². The molecule has 2 aliphatic heterocycles. The number of anilines is 1. The third kappa shape index (κ3) is 2.56. The van der Waals surface area contributed by atoms with E-state index in [0.717, 1.165) is 35.5 Å². The van der Waals surface area contributed by atoms with Crippen molar-refractivity contribution in [1.82, 2.24) is 0 Å². The first-order valence-corrected chi connectivity index (χ1v) is 7.66. The van der Waals surface area contributed by atoms with Crippen molar-refractivity contribution >= 4 is 27.5 Å². The average molecular weight is 326 g/mol. The van der Waals surface area contributed by atoms with Crippen LogP contribution in [0.25, 0.3) is 0 Å². The number of nitrogens with zero attached hydrogens (tertiary/aromatic N) is 1. The van der Waals surface area contributed by atoms with Gasteiger partial charge in [-0.25, -0.2) is 0 Å². The van der Waals surface area contributed by atoms with Crippen molar-refractivity contribution in [2.45, 2.75) is 12.8 Å². The normalized spacial score (nSPS) is 22.5. The van der Waals surface area contributed by atoms with Crippen LogP contribution in [0.1, 0.15) is 12.8 Å². The summed E-state index contributed by atoms with van der Waals surface area (Å²) in [6, 6.07) is 5.74. The van der Waals surface area contributed by atoms with Crippen molar-refractivity contribution in [2.24, 2.45) is 5.92 Å². The zero-order valence-corrected chi connectivity index (χ0v) is 12.2. The quantitative estimate of drug-likeness (QED) is 0.784. The number of carbonyl (C=O) groups excluding carboxylic acids is 1. The van der Waals surface area contributed by atoms with Crippen LogP contribution < -0.4 is 14.4 Å². The van der Waals surface area contributed by atoms with E-state index >= 15 is 0 Å². The van der Waals surface area contributed by atoms with E-state index in [4.69, 9.17) is 9.47 Å². The van der Waals surface area contributed by atoms with Gasteiger partial charge >= 0.3 is 0 Å². The highest BCUT2D eigenvalue weighted by molar-refractivity contribution is 9.09. The molecule has 0 radical (unpaired) electrons. The molecular weight excluding hydrogens is 310 g/mol. The van der Waals surface area contributed by atoms with E-state index < -0.39 is 0 Å². The lowest BCUT2D eigenvalue weighted by atomic mass is 10.2. The fourth-order valence-electron chi connectivity index (χ4n) is 2.45. The second kappa shape index (κ2) is 5.41. The van der Waals surface area contributed by atoms with E-state index in [9.17, 15) is 4.79 Å². The molecule has 0 spiro atoms. The van der Waals surface area contributed by atoms with Crippen LogP contribution in [0.2, 0.25) is 0 Å². The van der Waals surface area contributed by atoms with Crippen LogP contribution in [0.3, 0.4) is 0 Å². The lowest BCUT2D eigenvalue weighted by Crippen LogP contribution is -2.24. The molecule has 2 heterocycles. The molecule has 0 N–H and O–H groups in total. The van der Waals surface area contributed by atoms with Gasteiger partial charge in [0, 0.05) is 36.5 Å². The Balaban J connectivity index is 1.86. The lowest BCUT2D eigenvalue weighted by molar-refractivity contribution is -0.117. The Kier molecular flexibility index (Phi) is 3.64. The largest absolute Gasteiger partial charge is 0.490 e. The number of halogens is 1. The first kappa shape index (κ1) is 12.8. The maximum atomic E-state index is 12.0. The molecule has 0 saturated carbocycles. The number of hydrogen-bond acceptors (Lipinski definition) is 3. The molecule has 0 aliphatic carbocycles. The van der Waals surface area contributed by atoms with Crippen LogP contribution in [-0.2, 0) is 4.79 Å². The summed E-state index contributed by atoms with van der Waals surface area (Å²) in [5, 5.41) is 0.861. The van der Waals surface area contributed by atoms with E-state index in [-0.39, 0.29) is 5.91 Å². The second-order valence-electron chi connectivity index (χ2n) is 4.91. The van der Waals surface area contributed by atoms with Gasteiger partial charge in [0.05, 0.1) is 13.2 Å². The van der Waals surface area contributed by atoms with Gasteiger partial charge in [0.25, 0.3) is 0 Å². The van der Waals surface area contributed by atoms with Crippen LogP contribution in [0.15, 0.2) is 18.2 Å². The summed E-state index contributed by atoms with van der Waals surface area (Å²) in [4.78, 5) is 13.8. The predicted molar refractivity (Wildman–Crippen MR) is 76.3 cm³/mol. The molecule has 1 atom stereocenters. The SMILES string of the molecule is O=C1CC(CBr)CN1c1ccc2c(c1)OCCCO2. The summed E-state index contributed by atoms with van der Waals surface area (Å²) >= 11 is 3.45. The molecule has 1 unspecified atom stereocenters. The van der Waals surface area contributed by atoms with Gasteiger partial charge in [-0.2, -0.15) is 0 Å². The Morgan fingerprint density at radius 2 is 2.05 bits per heavy atom. The summed E-state index contributed by atoms with van der Waals surface area (Å²) in [5.41, 5.74) is 0.901. The molecule has 1 fully saturated rings. The minimum Gasteiger partial charge on any atom is -0.490 e. The van der Waals surface area contributed by atoms with E-state index in [1.807, 2.05) is 23.1 Å². The molecule has 1 saturated heterocycles. The molecule has 19 heavy (non-hydrogen) atoms. The topological polar surface area (TPSA) is 38.8 Å². The molecule has 2 aliphatic rings. The van der Waals surface area contributed by atoms with Crippen LogP contribution in [0.4, 0.5) is 5.69 Å². The van der Waals surface area contributed by atoms with Crippen LogP contribution >= 0.6 is 15.9 Å². The molecule has 3 rings (SSSR count). The van der Waals surface area contributed by atoms with Gasteiger partial charge in [-0.3, -0.25) is 4.79 Å². The molecule has 1 amide bonds. The number of ether oxygens (including phenoxy) is 2. The third-order valence-corrected chi connectivity index (χ3v) is 4.38. The highest BCUT2D eigenvalue weighted by Crippen LogP contribution is 2.35. The van der Waals surface area contributed by atoms with Crippen LogP contribution in [0, 0.1) is 5.92 Å². The van der Waals surface area contributed by atoms with Crippen molar-refractivity contribution in [3.05, 3.63) is 18.2 Å². The van der Waals surface area contributed by atoms with E-state index in [2.05, 4.69) is 15.9 Å². The first-order valence-electron chi connectivity index (χ1n) is 6.54. The molecule has 102 valence electrons. The number of benzene rings is 1. The fraction of sp³-hybridized carbons (Fsp3) is 0.500. The van der Waals surface area contributed by atoms with Crippen molar-refractivity contribution in [3.8, 4) is 11.5 Å². The maximum Gasteiger partial charge on any atom is 0.227 e. The fourth-order valence-corrected chi connectivity index (χ4v) is 2.89. The summed E-state index contributed by atoms with van der Waals surface area (Å²) in [6.07, 6.45) is 1.50. The van der Waals surface area contributed by atoms with E-state index in [1.165, 1.54) is 0 Å². The Bertz CT molecular complexity index is 492. The number of fused-ring (bicyclic) bond motifs is 1. The number of amides is 1. The first-order chi connectivity index (χ1) is 9.28. The summed E-state index contributed by atoms with van der Waals surface area (Å²) in [5.74, 6) is 2.08. The van der Waals surface area contributed by atoms with Gasteiger partial charge in [0.15, 0.2) is 11.5 Å². The lowest BCUT2D eigenvalue weighted by Gasteiger charge is -2.18. The maximum absolute atomic E-state index is 12.0. The minimum absolute atomic E-state index is 0.180. The number of hydrogen-bond donors (Lipinski definition) is 0. The monoisotopic (exact) mass is 325 g/mol. The minimum atomic E-state index is 0.180. The number of alkyl halides is 1. The van der Waals surface area contributed by atoms with Gasteiger partial charge in [0.2, 0.25) is 5.91 Å². The van der Waals surface area contributed by atoms with E-state index in [1.54, 1.807) is 0 Å². The zero-order valence-electron chi connectivity index (χ0n) is 10.6. The molecular formula is C14H16BrNO3. The summed E-state index contributed by atoms with van der Waals surface area (Å²) in [6.45, 7) is 2.11. The van der Waals surface area contributed by atoms with Crippen molar-refractivity contribution in [3.63, 3.8) is 0 Å². The smallest absolute Gasteiger partial charge is 0.227 e. The molecule has 1 aromatic rings. The second-order valence-corrected chi connectivity index (χ2v) is 5.56. The third-order valence-electron chi connectivity index (χ3n) is 3.47. The van der Waals surface area contributed by atoms with Gasteiger partial charge in [0.1, 0.15) is 0 Å². The van der Waals surface area contributed by atoms with Crippen molar-refractivity contribution < 1.29 is 14.3 Å². The number of carbonyl (C=O) groups is 1. The Morgan fingerprint density at radius 1 is 1.26 bits per heavy atom. The molecule has 0 bridgehead atoms. The average Bonchev–Trinajstić information content (AvgIpc) is 2.66. The van der Waals surface area contributed by atoms with Crippen LogP contribution in [-0.4, -0.2) is 31.0 Å². The van der Waals surface area contributed by atoms with Gasteiger partial charge in [-0.05, 0) is 18.1 Å². The highest BCUT2D eigenvalue weighted by Gasteiger charge is 2.30.